The minimum atomic E-state index is 0.384. The van der Waals surface area contributed by atoms with Crippen LogP contribution in [-0.2, 0) is 4.74 Å². The van der Waals surface area contributed by atoms with E-state index in [2.05, 4.69) is 27.0 Å². The maximum atomic E-state index is 5.67. The first-order valence-corrected chi connectivity index (χ1v) is 6.54. The van der Waals surface area contributed by atoms with E-state index in [0.717, 1.165) is 0 Å². The molecule has 1 saturated heterocycles. The van der Waals surface area contributed by atoms with E-state index in [1.54, 1.807) is 0 Å². The third-order valence-electron chi connectivity index (χ3n) is 5.36. The molecule has 1 aliphatic heterocycles. The fourth-order valence-electron chi connectivity index (χ4n) is 4.06. The number of rotatable bonds is 1. The molecule has 3 rings (SSSR count). The smallest absolute Gasteiger partial charge is 0.0876 e. The first kappa shape index (κ1) is 10.6. The van der Waals surface area contributed by atoms with E-state index in [0.29, 0.717) is 29.5 Å². The second-order valence-electron chi connectivity index (χ2n) is 6.18. The third-order valence-corrected chi connectivity index (χ3v) is 5.36. The summed E-state index contributed by atoms with van der Waals surface area (Å²) in [6.07, 6.45) is 6.05. The van der Waals surface area contributed by atoms with Gasteiger partial charge in [-0.05, 0) is 49.9 Å². The molecule has 5 atom stereocenters. The van der Waals surface area contributed by atoms with Crippen LogP contribution in [0.25, 0.3) is 0 Å². The first-order valence-electron chi connectivity index (χ1n) is 6.54. The van der Waals surface area contributed by atoms with Gasteiger partial charge in [-0.3, -0.25) is 0 Å². The largest absolute Gasteiger partial charge is 0.369 e. The maximum absolute atomic E-state index is 5.67. The van der Waals surface area contributed by atoms with Gasteiger partial charge in [-0.2, -0.15) is 0 Å². The summed E-state index contributed by atoms with van der Waals surface area (Å²) < 4.78 is 5.67. The van der Waals surface area contributed by atoms with Crippen LogP contribution in [0.3, 0.4) is 0 Å². The van der Waals surface area contributed by atoms with Gasteiger partial charge in [0.25, 0.3) is 0 Å². The van der Waals surface area contributed by atoms with Gasteiger partial charge in [-0.25, -0.2) is 0 Å². The van der Waals surface area contributed by atoms with Crippen molar-refractivity contribution in [2.45, 2.75) is 51.7 Å². The lowest BCUT2D eigenvalue weighted by molar-refractivity contribution is 0.0982. The second kappa shape index (κ2) is 3.22. The normalized spacial score (nSPS) is 50.5. The molecule has 0 unspecified atom stereocenters. The first-order chi connectivity index (χ1) is 7.54. The number of fused-ring (bicyclic) bond motifs is 1. The van der Waals surface area contributed by atoms with Crippen molar-refractivity contribution in [3.8, 4) is 0 Å². The Labute approximate surface area is 98.6 Å². The van der Waals surface area contributed by atoms with E-state index < -0.39 is 0 Å². The van der Waals surface area contributed by atoms with Crippen LogP contribution in [-0.4, -0.2) is 12.2 Å². The molecule has 3 aliphatic rings. The highest BCUT2D eigenvalue weighted by Gasteiger charge is 2.62. The van der Waals surface area contributed by atoms with Crippen LogP contribution in [0.1, 0.15) is 39.5 Å². The summed E-state index contributed by atoms with van der Waals surface area (Å²) in [4.78, 5) is 0. The van der Waals surface area contributed by atoms with Crippen molar-refractivity contribution >= 4 is 0 Å². The van der Waals surface area contributed by atoms with E-state index in [1.165, 1.54) is 36.8 Å². The molecule has 1 heteroatoms. The minimum absolute atomic E-state index is 0.384. The summed E-state index contributed by atoms with van der Waals surface area (Å²) in [6.45, 7) is 13.1. The third kappa shape index (κ3) is 1.27. The predicted octanol–water partition coefficient (Wildman–Crippen LogP) is 3.71. The highest BCUT2D eigenvalue weighted by atomic mass is 16.6. The van der Waals surface area contributed by atoms with Gasteiger partial charge >= 0.3 is 0 Å². The summed E-state index contributed by atoms with van der Waals surface area (Å²) in [5.41, 5.74) is 3.24. The number of hydrogen-bond acceptors (Lipinski definition) is 1. The van der Waals surface area contributed by atoms with Gasteiger partial charge in [0.05, 0.1) is 12.2 Å². The Morgan fingerprint density at radius 2 is 2.19 bits per heavy atom. The van der Waals surface area contributed by atoms with Crippen LogP contribution in [0.4, 0.5) is 0 Å². The van der Waals surface area contributed by atoms with E-state index in [1.807, 2.05) is 0 Å². The van der Waals surface area contributed by atoms with E-state index in [-0.39, 0.29) is 0 Å². The molecule has 1 heterocycles. The lowest BCUT2D eigenvalue weighted by Crippen LogP contribution is -2.36. The molecule has 0 amide bonds. The molecule has 0 N–H and O–H groups in total. The van der Waals surface area contributed by atoms with Crippen molar-refractivity contribution < 1.29 is 4.74 Å². The van der Waals surface area contributed by atoms with Gasteiger partial charge in [0.2, 0.25) is 0 Å². The zero-order valence-electron chi connectivity index (χ0n) is 10.5. The van der Waals surface area contributed by atoms with Gasteiger partial charge < -0.3 is 4.74 Å². The zero-order valence-corrected chi connectivity index (χ0v) is 10.5. The summed E-state index contributed by atoms with van der Waals surface area (Å²) >= 11 is 0. The number of ether oxygens (including phenoxy) is 1. The van der Waals surface area contributed by atoms with Gasteiger partial charge in [-0.15, -0.1) is 0 Å². The molecule has 3 fully saturated rings. The molecule has 16 heavy (non-hydrogen) atoms. The molecule has 2 saturated carbocycles. The Morgan fingerprint density at radius 1 is 1.44 bits per heavy atom. The average Bonchev–Trinajstić information content (AvgIpc) is 2.93. The van der Waals surface area contributed by atoms with Crippen LogP contribution >= 0.6 is 0 Å². The van der Waals surface area contributed by atoms with E-state index >= 15 is 0 Å². The molecule has 0 bridgehead atoms. The number of epoxide rings is 1. The summed E-state index contributed by atoms with van der Waals surface area (Å²) in [5, 5.41) is 0. The molecular weight excluding hydrogens is 196 g/mol. The monoisotopic (exact) mass is 218 g/mol. The van der Waals surface area contributed by atoms with Crippen molar-refractivity contribution in [1.29, 1.82) is 0 Å². The highest BCUT2D eigenvalue weighted by molar-refractivity contribution is 5.26. The van der Waals surface area contributed by atoms with E-state index in [9.17, 15) is 0 Å². The molecular formula is C15H22O. The fraction of sp³-hybridized carbons (Fsp3) is 0.733. The van der Waals surface area contributed by atoms with Crippen LogP contribution < -0.4 is 0 Å². The lowest BCUT2D eigenvalue weighted by atomic mass is 9.61. The second-order valence-corrected chi connectivity index (χ2v) is 6.18. The molecule has 88 valence electrons. The molecule has 0 radical (unpaired) electrons. The van der Waals surface area contributed by atoms with Crippen molar-refractivity contribution in [2.75, 3.05) is 0 Å². The Bertz CT molecular complexity index is 356. The molecule has 0 aromatic carbocycles. The van der Waals surface area contributed by atoms with Crippen LogP contribution in [0.5, 0.6) is 0 Å². The Morgan fingerprint density at radius 3 is 2.75 bits per heavy atom. The number of hydrogen-bond donors (Lipinski definition) is 0. The lowest BCUT2D eigenvalue weighted by Gasteiger charge is -2.44. The number of allylic oxidation sites excluding steroid dienone is 2. The van der Waals surface area contributed by atoms with Crippen molar-refractivity contribution in [3.63, 3.8) is 0 Å². The quantitative estimate of drug-likeness (QED) is 0.483. The summed E-state index contributed by atoms with van der Waals surface area (Å²) in [7, 11) is 0. The summed E-state index contributed by atoms with van der Waals surface area (Å²) in [6, 6.07) is 0. The average molecular weight is 218 g/mol. The zero-order chi connectivity index (χ0) is 11.5. The Hall–Kier alpha value is -0.560. The molecule has 2 aliphatic carbocycles. The molecule has 0 aromatic heterocycles. The van der Waals surface area contributed by atoms with Crippen molar-refractivity contribution in [1.82, 2.24) is 0 Å². The fourth-order valence-corrected chi connectivity index (χ4v) is 4.06. The van der Waals surface area contributed by atoms with Crippen molar-refractivity contribution in [3.05, 3.63) is 24.3 Å². The molecule has 1 nitrogen and oxygen atoms in total. The van der Waals surface area contributed by atoms with E-state index in [4.69, 9.17) is 4.74 Å². The van der Waals surface area contributed by atoms with Crippen molar-refractivity contribution in [2.24, 2.45) is 17.3 Å². The summed E-state index contributed by atoms with van der Waals surface area (Å²) in [5.74, 6) is 1.39. The Kier molecular flexibility index (Phi) is 2.13. The van der Waals surface area contributed by atoms with Gasteiger partial charge in [0, 0.05) is 0 Å². The maximum Gasteiger partial charge on any atom is 0.0876 e. The van der Waals surface area contributed by atoms with Crippen LogP contribution in [0.2, 0.25) is 0 Å². The SMILES string of the molecule is C=C(C)[C@H]1CCC(=C)[C@@]2(C1)C[C@@H]1O[C@@H]1[C@@H]2C. The molecule has 1 spiro atoms. The van der Waals surface area contributed by atoms with Gasteiger partial charge in [0.1, 0.15) is 0 Å². The molecule has 0 aromatic rings. The van der Waals surface area contributed by atoms with Gasteiger partial charge in [-0.1, -0.05) is 31.2 Å². The Balaban J connectivity index is 1.87. The van der Waals surface area contributed by atoms with Crippen LogP contribution in [0.15, 0.2) is 24.3 Å². The highest BCUT2D eigenvalue weighted by Crippen LogP contribution is 2.63. The standard InChI is InChI=1S/C15H22O/c1-9(2)12-6-5-10(3)15(7-12)8-13-14(16-13)11(15)4/h11-14H,1,3,5-8H2,2,4H3/t11-,12-,13-,14+,15+/m0/s1. The van der Waals surface area contributed by atoms with Crippen LogP contribution in [0, 0.1) is 17.3 Å². The topological polar surface area (TPSA) is 12.5 Å². The predicted molar refractivity (Wildman–Crippen MR) is 66.2 cm³/mol. The van der Waals surface area contributed by atoms with Gasteiger partial charge in [0.15, 0.2) is 0 Å². The minimum Gasteiger partial charge on any atom is -0.369 e.